The molecule has 3 rings (SSSR count). The van der Waals surface area contributed by atoms with Crippen molar-refractivity contribution < 1.29 is 17.9 Å². The maximum Gasteiger partial charge on any atom is 0.244 e. The lowest BCUT2D eigenvalue weighted by Crippen LogP contribution is -2.52. The molecular formula is C25H33ClN2O4S. The van der Waals surface area contributed by atoms with Gasteiger partial charge in [-0.15, -0.1) is 0 Å². The van der Waals surface area contributed by atoms with E-state index in [-0.39, 0.29) is 17.6 Å². The maximum absolute atomic E-state index is 13.6. The van der Waals surface area contributed by atoms with Crippen molar-refractivity contribution >= 4 is 33.2 Å². The fourth-order valence-corrected chi connectivity index (χ4v) is 5.98. The van der Waals surface area contributed by atoms with Gasteiger partial charge in [-0.2, -0.15) is 0 Å². The van der Waals surface area contributed by atoms with Crippen molar-refractivity contribution in [3.63, 3.8) is 0 Å². The number of anilines is 1. The van der Waals surface area contributed by atoms with Crippen molar-refractivity contribution in [1.29, 1.82) is 0 Å². The normalized spacial score (nSPS) is 18.1. The largest absolute Gasteiger partial charge is 0.487 e. The van der Waals surface area contributed by atoms with Crippen LogP contribution in [0.2, 0.25) is 5.02 Å². The monoisotopic (exact) mass is 492 g/mol. The number of nitrogens with one attached hydrogen (secondary N) is 1. The van der Waals surface area contributed by atoms with E-state index >= 15 is 0 Å². The van der Waals surface area contributed by atoms with Crippen molar-refractivity contribution in [3.05, 3.63) is 58.6 Å². The summed E-state index contributed by atoms with van der Waals surface area (Å²) in [5, 5.41) is 3.56. The molecule has 1 aliphatic heterocycles. The predicted octanol–water partition coefficient (Wildman–Crippen LogP) is 5.39. The zero-order chi connectivity index (χ0) is 24.4. The van der Waals surface area contributed by atoms with Gasteiger partial charge in [0.1, 0.15) is 17.4 Å². The fourth-order valence-electron chi connectivity index (χ4n) is 4.55. The molecule has 1 heterocycles. The Labute approximate surface area is 202 Å². The maximum atomic E-state index is 13.6. The lowest BCUT2D eigenvalue weighted by atomic mass is 9.83. The Bertz CT molecular complexity index is 1120. The Balaban J connectivity index is 1.99. The molecule has 0 fully saturated rings. The van der Waals surface area contributed by atoms with Gasteiger partial charge in [0.05, 0.1) is 18.0 Å². The van der Waals surface area contributed by atoms with Crippen molar-refractivity contribution in [3.8, 4) is 5.75 Å². The molecule has 1 aliphatic rings. The van der Waals surface area contributed by atoms with Crippen LogP contribution in [0.5, 0.6) is 5.75 Å². The highest BCUT2D eigenvalue weighted by atomic mass is 35.5. The van der Waals surface area contributed by atoms with Gasteiger partial charge in [-0.3, -0.25) is 9.10 Å². The molecule has 0 unspecified atom stereocenters. The van der Waals surface area contributed by atoms with E-state index in [2.05, 4.69) is 19.2 Å². The zero-order valence-corrected chi connectivity index (χ0v) is 21.5. The summed E-state index contributed by atoms with van der Waals surface area (Å²) in [6, 6.07) is 11.6. The molecule has 0 saturated heterocycles. The van der Waals surface area contributed by atoms with E-state index in [4.69, 9.17) is 16.3 Å². The molecule has 0 radical (unpaired) electrons. The first-order chi connectivity index (χ1) is 15.5. The van der Waals surface area contributed by atoms with E-state index in [1.54, 1.807) is 25.1 Å². The smallest absolute Gasteiger partial charge is 0.244 e. The average Bonchev–Trinajstić information content (AvgIpc) is 2.78. The molecule has 8 heteroatoms. The summed E-state index contributed by atoms with van der Waals surface area (Å²) >= 11 is 6.18. The van der Waals surface area contributed by atoms with E-state index in [0.717, 1.165) is 36.0 Å². The fraction of sp³-hybridized carbons (Fsp3) is 0.480. The molecule has 0 saturated carbocycles. The van der Waals surface area contributed by atoms with Crippen LogP contribution in [0.4, 0.5) is 5.69 Å². The van der Waals surface area contributed by atoms with Crippen molar-refractivity contribution in [2.24, 2.45) is 0 Å². The average molecular weight is 493 g/mol. The highest BCUT2D eigenvalue weighted by Gasteiger charge is 2.41. The number of fused-ring (bicyclic) bond motifs is 1. The number of carbonyl (C=O) groups is 1. The molecule has 0 aromatic heterocycles. The molecule has 0 bridgehead atoms. The summed E-state index contributed by atoms with van der Waals surface area (Å²) in [4.78, 5) is 13.6. The number of hydrogen-bond donors (Lipinski definition) is 1. The Hall–Kier alpha value is -2.25. The Kier molecular flexibility index (Phi) is 7.64. The minimum atomic E-state index is -3.76. The Morgan fingerprint density at radius 2 is 1.88 bits per heavy atom. The van der Waals surface area contributed by atoms with Gasteiger partial charge < -0.3 is 10.1 Å². The van der Waals surface area contributed by atoms with Crippen LogP contribution < -0.4 is 14.4 Å². The van der Waals surface area contributed by atoms with Gasteiger partial charge in [0.15, 0.2) is 0 Å². The van der Waals surface area contributed by atoms with Crippen LogP contribution in [0, 0.1) is 6.92 Å². The lowest BCUT2D eigenvalue weighted by molar-refractivity contribution is -0.123. The van der Waals surface area contributed by atoms with Gasteiger partial charge >= 0.3 is 0 Å². The van der Waals surface area contributed by atoms with Crippen LogP contribution in [0.1, 0.15) is 63.6 Å². The van der Waals surface area contributed by atoms with Gasteiger partial charge in [-0.05, 0) is 49.9 Å². The summed E-state index contributed by atoms with van der Waals surface area (Å²) in [5.74, 6) is 0.418. The Morgan fingerprint density at radius 1 is 1.21 bits per heavy atom. The van der Waals surface area contributed by atoms with Gasteiger partial charge in [0, 0.05) is 17.0 Å². The number of sulfonamides is 1. The first-order valence-corrected chi connectivity index (χ1v) is 13.6. The number of amides is 1. The highest BCUT2D eigenvalue weighted by molar-refractivity contribution is 7.92. The second kappa shape index (κ2) is 9.94. The van der Waals surface area contributed by atoms with E-state index in [1.165, 1.54) is 4.31 Å². The SMILES string of the molecule is CC[C@H](C(=O)N[C@@H]1CC(CC)(CC)Oc2ccccc21)N(c1cc(Cl)ccc1C)S(C)(=O)=O. The summed E-state index contributed by atoms with van der Waals surface area (Å²) in [6.45, 7) is 7.78. The minimum absolute atomic E-state index is 0.279. The van der Waals surface area contributed by atoms with Crippen LogP contribution in [0.25, 0.3) is 0 Å². The molecule has 2 aromatic carbocycles. The quantitative estimate of drug-likeness (QED) is 0.536. The third-order valence-corrected chi connectivity index (χ3v) is 7.94. The number of aryl methyl sites for hydroxylation is 1. The molecule has 2 atom stereocenters. The molecule has 0 spiro atoms. The molecule has 33 heavy (non-hydrogen) atoms. The first-order valence-electron chi connectivity index (χ1n) is 11.4. The summed E-state index contributed by atoms with van der Waals surface area (Å²) in [7, 11) is -3.76. The summed E-state index contributed by atoms with van der Waals surface area (Å²) < 4.78 is 33.3. The van der Waals surface area contributed by atoms with E-state index in [0.29, 0.717) is 23.6 Å². The van der Waals surface area contributed by atoms with E-state index in [9.17, 15) is 13.2 Å². The van der Waals surface area contributed by atoms with E-state index < -0.39 is 16.1 Å². The molecule has 1 N–H and O–H groups in total. The summed E-state index contributed by atoms with van der Waals surface area (Å²) in [5.41, 5.74) is 1.66. The van der Waals surface area contributed by atoms with Crippen molar-refractivity contribution in [1.82, 2.24) is 5.32 Å². The molecule has 0 aliphatic carbocycles. The zero-order valence-electron chi connectivity index (χ0n) is 19.9. The second-order valence-corrected chi connectivity index (χ2v) is 11.0. The van der Waals surface area contributed by atoms with Crippen molar-refractivity contribution in [2.75, 3.05) is 10.6 Å². The van der Waals surface area contributed by atoms with Gasteiger partial charge in [-0.25, -0.2) is 8.42 Å². The molecule has 6 nitrogen and oxygen atoms in total. The number of para-hydroxylation sites is 1. The molecular weight excluding hydrogens is 460 g/mol. The lowest BCUT2D eigenvalue weighted by Gasteiger charge is -2.42. The number of nitrogens with zero attached hydrogens (tertiary/aromatic N) is 1. The highest BCUT2D eigenvalue weighted by Crippen LogP contribution is 2.42. The second-order valence-electron chi connectivity index (χ2n) is 8.71. The van der Waals surface area contributed by atoms with Gasteiger partial charge in [0.2, 0.25) is 15.9 Å². The number of ether oxygens (including phenoxy) is 1. The molecule has 180 valence electrons. The number of benzene rings is 2. The molecule has 1 amide bonds. The number of halogens is 1. The number of rotatable bonds is 8. The predicted molar refractivity (Wildman–Crippen MR) is 133 cm³/mol. The minimum Gasteiger partial charge on any atom is -0.487 e. The topological polar surface area (TPSA) is 75.7 Å². The number of hydrogen-bond acceptors (Lipinski definition) is 4. The van der Waals surface area contributed by atoms with Crippen LogP contribution in [0.3, 0.4) is 0 Å². The van der Waals surface area contributed by atoms with Crippen molar-refractivity contribution in [2.45, 2.75) is 71.1 Å². The van der Waals surface area contributed by atoms with Crippen LogP contribution in [-0.2, 0) is 14.8 Å². The third-order valence-electron chi connectivity index (χ3n) is 6.54. The van der Waals surface area contributed by atoms with Crippen LogP contribution in [-0.4, -0.2) is 32.2 Å². The molecule has 2 aromatic rings. The van der Waals surface area contributed by atoms with Crippen LogP contribution in [0.15, 0.2) is 42.5 Å². The van der Waals surface area contributed by atoms with Gasteiger partial charge in [-0.1, -0.05) is 56.6 Å². The number of carbonyl (C=O) groups excluding carboxylic acids is 1. The third kappa shape index (κ3) is 5.30. The van der Waals surface area contributed by atoms with Gasteiger partial charge in [0.25, 0.3) is 0 Å². The van der Waals surface area contributed by atoms with E-state index in [1.807, 2.05) is 31.2 Å². The standard InChI is InChI=1S/C25H33ClN2O4S/c1-6-21(28(33(5,30)31)22-15-18(26)14-13-17(22)4)24(29)27-20-16-25(7-2,8-3)32-23-12-10-9-11-19(20)23/h9-15,20-21H,6-8,16H2,1-5H3,(H,27,29)/t20-,21-/m1/s1. The van der Waals surface area contributed by atoms with Crippen LogP contribution >= 0.6 is 11.6 Å². The first kappa shape index (κ1) is 25.4. The Morgan fingerprint density at radius 3 is 2.48 bits per heavy atom. The summed E-state index contributed by atoms with van der Waals surface area (Å²) in [6.07, 6.45) is 3.65.